The summed E-state index contributed by atoms with van der Waals surface area (Å²) in [4.78, 5) is 26.3. The Hall–Kier alpha value is -2.52. The Kier molecular flexibility index (Phi) is 8.58. The van der Waals surface area contributed by atoms with Crippen LogP contribution in [0.2, 0.25) is 0 Å². The zero-order chi connectivity index (χ0) is 23.1. The number of hydrogen-bond acceptors (Lipinski definition) is 3. The Balaban J connectivity index is 1.77. The number of fused-ring (bicyclic) bond motifs is 1. The van der Waals surface area contributed by atoms with E-state index >= 15 is 0 Å². The van der Waals surface area contributed by atoms with Gasteiger partial charge in [0.25, 0.3) is 5.91 Å². The first kappa shape index (κ1) is 24.1. The minimum atomic E-state index is -0.501. The molecule has 0 bridgehead atoms. The van der Waals surface area contributed by atoms with Crippen LogP contribution in [0.4, 0.5) is 0 Å². The third kappa shape index (κ3) is 5.83. The van der Waals surface area contributed by atoms with Gasteiger partial charge < -0.3 is 15.2 Å². The minimum Gasteiger partial charge on any atom is -0.347 e. The molecule has 3 atom stereocenters. The normalized spacial score (nSPS) is 19.5. The second kappa shape index (κ2) is 11.4. The number of nitriles is 1. The van der Waals surface area contributed by atoms with Gasteiger partial charge in [-0.3, -0.25) is 9.59 Å². The average Bonchev–Trinajstić information content (AvgIpc) is 3.15. The predicted octanol–water partition coefficient (Wildman–Crippen LogP) is 4.61. The highest BCUT2D eigenvalue weighted by Crippen LogP contribution is 2.26. The lowest BCUT2D eigenvalue weighted by Gasteiger charge is -2.32. The molecule has 2 amide bonds. The van der Waals surface area contributed by atoms with E-state index in [9.17, 15) is 14.9 Å². The molecular weight excluding hydrogens is 424 g/mol. The Labute approximate surface area is 195 Å². The average molecular weight is 457 g/mol. The van der Waals surface area contributed by atoms with Crippen molar-refractivity contribution in [3.8, 4) is 6.07 Å². The topological polar surface area (TPSA) is 86.9 Å². The number of nitrogens with zero attached hydrogens (tertiary/aromatic N) is 2. The van der Waals surface area contributed by atoms with Crippen molar-refractivity contribution >= 4 is 34.3 Å². The summed E-state index contributed by atoms with van der Waals surface area (Å²) in [6, 6.07) is 11.3. The van der Waals surface area contributed by atoms with Crippen LogP contribution in [-0.2, 0) is 11.3 Å². The van der Waals surface area contributed by atoms with Crippen LogP contribution in [-0.4, -0.2) is 34.3 Å². The van der Waals surface area contributed by atoms with Gasteiger partial charge in [-0.25, -0.2) is 0 Å². The molecule has 1 saturated carbocycles. The molecule has 172 valence electrons. The summed E-state index contributed by atoms with van der Waals surface area (Å²) in [7, 11) is 0. The Morgan fingerprint density at radius 1 is 1.25 bits per heavy atom. The lowest BCUT2D eigenvalue weighted by Crippen LogP contribution is -2.50. The van der Waals surface area contributed by atoms with Gasteiger partial charge in [-0.1, -0.05) is 44.9 Å². The molecule has 0 saturated heterocycles. The van der Waals surface area contributed by atoms with Gasteiger partial charge in [-0.05, 0) is 43.7 Å². The van der Waals surface area contributed by atoms with Crippen LogP contribution < -0.4 is 10.6 Å². The highest BCUT2D eigenvalue weighted by molar-refractivity contribution is 6.17. The first-order valence-electron chi connectivity index (χ1n) is 11.6. The molecule has 3 rings (SSSR count). The summed E-state index contributed by atoms with van der Waals surface area (Å²) in [5, 5.41) is 16.5. The van der Waals surface area contributed by atoms with Crippen molar-refractivity contribution in [2.24, 2.45) is 11.8 Å². The number of rotatable bonds is 9. The molecular formula is C25H33ClN4O2. The van der Waals surface area contributed by atoms with Crippen LogP contribution in [0.1, 0.15) is 62.9 Å². The molecule has 1 aromatic carbocycles. The predicted molar refractivity (Wildman–Crippen MR) is 127 cm³/mol. The summed E-state index contributed by atoms with van der Waals surface area (Å²) in [6.07, 6.45) is 4.77. The number of halogens is 1. The molecule has 1 aromatic heterocycles. The van der Waals surface area contributed by atoms with E-state index < -0.39 is 6.04 Å². The third-order valence-corrected chi connectivity index (χ3v) is 6.42. The number of aromatic nitrogens is 1. The van der Waals surface area contributed by atoms with Crippen molar-refractivity contribution in [3.63, 3.8) is 0 Å². The fraction of sp³-hybridized carbons (Fsp3) is 0.560. The molecule has 1 heterocycles. The fourth-order valence-electron chi connectivity index (χ4n) is 4.61. The van der Waals surface area contributed by atoms with Gasteiger partial charge in [-0.15, -0.1) is 11.6 Å². The minimum absolute atomic E-state index is 0.134. The van der Waals surface area contributed by atoms with Gasteiger partial charge >= 0.3 is 0 Å². The molecule has 0 radical (unpaired) electrons. The van der Waals surface area contributed by atoms with E-state index in [0.717, 1.165) is 36.6 Å². The molecule has 6 nitrogen and oxygen atoms in total. The van der Waals surface area contributed by atoms with Crippen molar-refractivity contribution < 1.29 is 9.59 Å². The third-order valence-electron chi connectivity index (χ3n) is 6.16. The van der Waals surface area contributed by atoms with Gasteiger partial charge in [0.15, 0.2) is 0 Å². The second-order valence-electron chi connectivity index (χ2n) is 9.07. The van der Waals surface area contributed by atoms with Crippen molar-refractivity contribution in [1.82, 2.24) is 15.2 Å². The zero-order valence-corrected chi connectivity index (χ0v) is 19.7. The number of alkyl halides is 1. The summed E-state index contributed by atoms with van der Waals surface area (Å²) >= 11 is 5.91. The summed E-state index contributed by atoms with van der Waals surface area (Å²) in [5.74, 6) is 0.215. The van der Waals surface area contributed by atoms with Crippen molar-refractivity contribution in [3.05, 3.63) is 36.0 Å². The van der Waals surface area contributed by atoms with Gasteiger partial charge in [-0.2, -0.15) is 5.26 Å². The maximum Gasteiger partial charge on any atom is 0.268 e. The van der Waals surface area contributed by atoms with E-state index in [-0.39, 0.29) is 23.8 Å². The molecule has 0 aliphatic heterocycles. The lowest BCUT2D eigenvalue weighted by molar-refractivity contribution is -0.127. The van der Waals surface area contributed by atoms with Crippen molar-refractivity contribution in [1.29, 1.82) is 5.26 Å². The molecule has 1 aliphatic carbocycles. The largest absolute Gasteiger partial charge is 0.347 e. The van der Waals surface area contributed by atoms with Crippen molar-refractivity contribution in [2.45, 2.75) is 71.0 Å². The quantitative estimate of drug-likeness (QED) is 0.540. The SMILES string of the molecule is CC(C)C[C@@H](C#N)NC(=O)[C@@H]1CCCC[C@@H]1NC(=O)c1cc2ccccc2n1CCCCl. The van der Waals surface area contributed by atoms with Gasteiger partial charge in [0.2, 0.25) is 5.91 Å². The number of aryl methyl sites for hydroxylation is 1. The maximum atomic E-state index is 13.3. The first-order chi connectivity index (χ1) is 15.4. The number of hydrogen-bond donors (Lipinski definition) is 2. The number of nitrogens with one attached hydrogen (secondary N) is 2. The number of carbonyl (C=O) groups excluding carboxylic acids is 2. The Bertz CT molecular complexity index is 978. The van der Waals surface area contributed by atoms with Crippen molar-refractivity contribution in [2.75, 3.05) is 5.88 Å². The van der Waals surface area contributed by atoms with E-state index in [2.05, 4.69) is 16.7 Å². The van der Waals surface area contributed by atoms with Crippen LogP contribution >= 0.6 is 11.6 Å². The highest BCUT2D eigenvalue weighted by Gasteiger charge is 2.33. The molecule has 7 heteroatoms. The molecule has 2 aromatic rings. The van der Waals surface area contributed by atoms with E-state index in [4.69, 9.17) is 11.6 Å². The van der Waals surface area contributed by atoms with E-state index in [0.29, 0.717) is 36.9 Å². The molecule has 1 aliphatic rings. The van der Waals surface area contributed by atoms with Gasteiger partial charge in [0, 0.05) is 29.4 Å². The number of carbonyl (C=O) groups is 2. The molecule has 32 heavy (non-hydrogen) atoms. The standard InChI is InChI=1S/C25H33ClN4O2/c1-17(2)14-19(16-27)28-24(31)20-9-4-5-10-21(20)29-25(32)23-15-18-8-3-6-11-22(18)30(23)13-7-12-26/h3,6,8,11,15,17,19-21H,4-5,7,9-10,12-14H2,1-2H3,(H,28,31)(H,29,32)/t19-,20+,21-/m0/s1. The Morgan fingerprint density at radius 3 is 2.72 bits per heavy atom. The monoisotopic (exact) mass is 456 g/mol. The van der Waals surface area contributed by atoms with E-state index in [1.165, 1.54) is 0 Å². The highest BCUT2D eigenvalue weighted by atomic mass is 35.5. The molecule has 0 spiro atoms. The number of para-hydroxylation sites is 1. The van der Waals surface area contributed by atoms with Gasteiger partial charge in [0.1, 0.15) is 11.7 Å². The fourth-order valence-corrected chi connectivity index (χ4v) is 4.73. The summed E-state index contributed by atoms with van der Waals surface area (Å²) in [5.41, 5.74) is 1.60. The second-order valence-corrected chi connectivity index (χ2v) is 9.45. The molecule has 0 unspecified atom stereocenters. The first-order valence-corrected chi connectivity index (χ1v) is 12.1. The Morgan fingerprint density at radius 2 is 2.00 bits per heavy atom. The van der Waals surface area contributed by atoms with Gasteiger partial charge in [0.05, 0.1) is 12.0 Å². The van der Waals surface area contributed by atoms with E-state index in [1.54, 1.807) is 0 Å². The smallest absolute Gasteiger partial charge is 0.268 e. The lowest BCUT2D eigenvalue weighted by atomic mass is 9.83. The van der Waals surface area contributed by atoms with Crippen LogP contribution in [0.25, 0.3) is 10.9 Å². The summed E-state index contributed by atoms with van der Waals surface area (Å²) in [6.45, 7) is 4.72. The number of benzene rings is 1. The maximum absolute atomic E-state index is 13.3. The summed E-state index contributed by atoms with van der Waals surface area (Å²) < 4.78 is 2.01. The zero-order valence-electron chi connectivity index (χ0n) is 18.9. The molecule has 1 fully saturated rings. The van der Waals surface area contributed by atoms with Crippen LogP contribution in [0.3, 0.4) is 0 Å². The number of amides is 2. The van der Waals surface area contributed by atoms with Crippen LogP contribution in [0, 0.1) is 23.2 Å². The molecule has 2 N–H and O–H groups in total. The van der Waals surface area contributed by atoms with Crippen LogP contribution in [0.5, 0.6) is 0 Å². The van der Waals surface area contributed by atoms with Crippen LogP contribution in [0.15, 0.2) is 30.3 Å². The van der Waals surface area contributed by atoms with E-state index in [1.807, 2.05) is 48.7 Å².